The number of nitrogens with one attached hydrogen (secondary N) is 1. The third kappa shape index (κ3) is 3.84. The Kier molecular flexibility index (Phi) is 4.96. The average molecular weight is 340 g/mol. The zero-order valence-electron chi connectivity index (χ0n) is 13.4. The van der Waals surface area contributed by atoms with Crippen molar-refractivity contribution in [2.45, 2.75) is 19.9 Å². The van der Waals surface area contributed by atoms with Gasteiger partial charge in [-0.2, -0.15) is 5.10 Å². The van der Waals surface area contributed by atoms with Crippen LogP contribution in [0.3, 0.4) is 0 Å². The Hall–Kier alpha value is -2.59. The molecule has 0 bridgehead atoms. The summed E-state index contributed by atoms with van der Waals surface area (Å²) in [5.74, 6) is 0.596. The standard InChI is InChI=1S/C19H18ClN3O/c1-14-6-2-3-7-15(14)12-19(24)22-18-10-11-21-23(18)13-16-8-4-5-9-17(16)20/h2-11H,12-13H2,1H3,(H,22,24). The summed E-state index contributed by atoms with van der Waals surface area (Å²) in [6.07, 6.45) is 2.00. The lowest BCUT2D eigenvalue weighted by Crippen LogP contribution is -2.18. The van der Waals surface area contributed by atoms with Crippen LogP contribution in [0, 0.1) is 6.92 Å². The Morgan fingerprint density at radius 1 is 1.08 bits per heavy atom. The maximum Gasteiger partial charge on any atom is 0.229 e. The normalized spacial score (nSPS) is 10.6. The molecule has 2 aromatic carbocycles. The predicted molar refractivity (Wildman–Crippen MR) is 96.3 cm³/mol. The van der Waals surface area contributed by atoms with E-state index < -0.39 is 0 Å². The van der Waals surface area contributed by atoms with Gasteiger partial charge in [0.2, 0.25) is 5.91 Å². The Morgan fingerprint density at radius 3 is 2.54 bits per heavy atom. The number of aryl methyl sites for hydroxylation is 1. The molecule has 0 aliphatic carbocycles. The highest BCUT2D eigenvalue weighted by atomic mass is 35.5. The first-order chi connectivity index (χ1) is 11.6. The molecule has 0 radical (unpaired) electrons. The molecule has 1 heterocycles. The fourth-order valence-corrected chi connectivity index (χ4v) is 2.72. The highest BCUT2D eigenvalue weighted by molar-refractivity contribution is 6.31. The Labute approximate surface area is 146 Å². The number of rotatable bonds is 5. The summed E-state index contributed by atoms with van der Waals surface area (Å²) in [5, 5.41) is 7.88. The van der Waals surface area contributed by atoms with E-state index in [2.05, 4.69) is 10.4 Å². The number of anilines is 1. The van der Waals surface area contributed by atoms with E-state index in [1.165, 1.54) is 0 Å². The summed E-state index contributed by atoms with van der Waals surface area (Å²) in [6.45, 7) is 2.51. The van der Waals surface area contributed by atoms with Crippen LogP contribution in [0.5, 0.6) is 0 Å². The van der Waals surface area contributed by atoms with Gasteiger partial charge in [-0.05, 0) is 29.7 Å². The monoisotopic (exact) mass is 339 g/mol. The molecule has 3 aromatic rings. The average Bonchev–Trinajstić information content (AvgIpc) is 2.99. The Balaban J connectivity index is 1.70. The SMILES string of the molecule is Cc1ccccc1CC(=O)Nc1ccnn1Cc1ccccc1Cl. The van der Waals surface area contributed by atoms with E-state index >= 15 is 0 Å². The van der Waals surface area contributed by atoms with Gasteiger partial charge in [-0.1, -0.05) is 54.1 Å². The predicted octanol–water partition coefficient (Wildman–Crippen LogP) is 4.07. The number of nitrogens with zero attached hydrogens (tertiary/aromatic N) is 2. The zero-order valence-corrected chi connectivity index (χ0v) is 14.1. The van der Waals surface area contributed by atoms with E-state index in [1.54, 1.807) is 16.9 Å². The molecule has 0 aliphatic rings. The van der Waals surface area contributed by atoms with Gasteiger partial charge in [0, 0.05) is 11.1 Å². The number of hydrogen-bond acceptors (Lipinski definition) is 2. The minimum Gasteiger partial charge on any atom is -0.311 e. The van der Waals surface area contributed by atoms with E-state index in [1.807, 2.05) is 55.5 Å². The molecule has 0 spiro atoms. The first-order valence-electron chi connectivity index (χ1n) is 7.73. The molecule has 0 saturated heterocycles. The van der Waals surface area contributed by atoms with Crippen molar-refractivity contribution in [1.29, 1.82) is 0 Å². The van der Waals surface area contributed by atoms with Crippen molar-refractivity contribution in [3.05, 3.63) is 82.5 Å². The maximum atomic E-state index is 12.3. The van der Waals surface area contributed by atoms with Crippen LogP contribution in [-0.2, 0) is 17.8 Å². The van der Waals surface area contributed by atoms with Gasteiger partial charge in [0.15, 0.2) is 0 Å². The van der Waals surface area contributed by atoms with Crippen LogP contribution in [0.2, 0.25) is 5.02 Å². The van der Waals surface area contributed by atoms with Crippen LogP contribution in [0.1, 0.15) is 16.7 Å². The van der Waals surface area contributed by atoms with Crippen molar-refractivity contribution < 1.29 is 4.79 Å². The van der Waals surface area contributed by atoms with Crippen LogP contribution in [0.25, 0.3) is 0 Å². The van der Waals surface area contributed by atoms with Gasteiger partial charge in [-0.3, -0.25) is 4.79 Å². The van der Waals surface area contributed by atoms with Gasteiger partial charge in [0.1, 0.15) is 5.82 Å². The van der Waals surface area contributed by atoms with E-state index in [0.717, 1.165) is 16.7 Å². The van der Waals surface area contributed by atoms with E-state index in [0.29, 0.717) is 23.8 Å². The van der Waals surface area contributed by atoms with Gasteiger partial charge in [0.25, 0.3) is 0 Å². The summed E-state index contributed by atoms with van der Waals surface area (Å²) in [6, 6.07) is 17.3. The molecule has 0 saturated carbocycles. The number of carbonyl (C=O) groups excluding carboxylic acids is 1. The first kappa shape index (κ1) is 16.3. The van der Waals surface area contributed by atoms with Crippen molar-refractivity contribution in [2.75, 3.05) is 5.32 Å². The highest BCUT2D eigenvalue weighted by Crippen LogP contribution is 2.18. The number of hydrogen-bond donors (Lipinski definition) is 1. The van der Waals surface area contributed by atoms with Gasteiger partial charge < -0.3 is 5.32 Å². The van der Waals surface area contributed by atoms with E-state index in [9.17, 15) is 4.79 Å². The molecule has 5 heteroatoms. The van der Waals surface area contributed by atoms with Crippen molar-refractivity contribution in [3.8, 4) is 0 Å². The number of halogens is 1. The van der Waals surface area contributed by atoms with Gasteiger partial charge in [-0.15, -0.1) is 0 Å². The topological polar surface area (TPSA) is 46.9 Å². The lowest BCUT2D eigenvalue weighted by atomic mass is 10.1. The van der Waals surface area contributed by atoms with Crippen LogP contribution in [0.15, 0.2) is 60.8 Å². The van der Waals surface area contributed by atoms with Crippen LogP contribution >= 0.6 is 11.6 Å². The van der Waals surface area contributed by atoms with Crippen molar-refractivity contribution >= 4 is 23.3 Å². The summed E-state index contributed by atoms with van der Waals surface area (Å²) >= 11 is 6.20. The summed E-state index contributed by atoms with van der Waals surface area (Å²) in [7, 11) is 0. The van der Waals surface area contributed by atoms with Crippen molar-refractivity contribution in [2.24, 2.45) is 0 Å². The lowest BCUT2D eigenvalue weighted by Gasteiger charge is -2.11. The minimum atomic E-state index is -0.0646. The molecule has 1 N–H and O–H groups in total. The molecular formula is C19H18ClN3O. The van der Waals surface area contributed by atoms with E-state index in [-0.39, 0.29) is 5.91 Å². The molecule has 1 amide bonds. The molecular weight excluding hydrogens is 322 g/mol. The Morgan fingerprint density at radius 2 is 1.79 bits per heavy atom. The highest BCUT2D eigenvalue weighted by Gasteiger charge is 2.10. The summed E-state index contributed by atoms with van der Waals surface area (Å²) < 4.78 is 1.73. The second kappa shape index (κ2) is 7.32. The lowest BCUT2D eigenvalue weighted by molar-refractivity contribution is -0.115. The van der Waals surface area contributed by atoms with Gasteiger partial charge >= 0.3 is 0 Å². The van der Waals surface area contributed by atoms with Crippen LogP contribution in [-0.4, -0.2) is 15.7 Å². The molecule has 0 aliphatic heterocycles. The minimum absolute atomic E-state index is 0.0646. The van der Waals surface area contributed by atoms with Crippen molar-refractivity contribution in [1.82, 2.24) is 9.78 Å². The van der Waals surface area contributed by atoms with Crippen LogP contribution in [0.4, 0.5) is 5.82 Å². The second-order valence-electron chi connectivity index (χ2n) is 5.62. The third-order valence-corrected chi connectivity index (χ3v) is 4.24. The molecule has 0 fully saturated rings. The van der Waals surface area contributed by atoms with Crippen molar-refractivity contribution in [3.63, 3.8) is 0 Å². The van der Waals surface area contributed by atoms with Gasteiger partial charge in [-0.25, -0.2) is 4.68 Å². The summed E-state index contributed by atoms with van der Waals surface area (Å²) in [5.41, 5.74) is 3.08. The number of benzene rings is 2. The molecule has 24 heavy (non-hydrogen) atoms. The van der Waals surface area contributed by atoms with Gasteiger partial charge in [0.05, 0.1) is 19.2 Å². The summed E-state index contributed by atoms with van der Waals surface area (Å²) in [4.78, 5) is 12.3. The van der Waals surface area contributed by atoms with Crippen LogP contribution < -0.4 is 5.32 Å². The Bertz CT molecular complexity index is 857. The number of carbonyl (C=O) groups is 1. The molecule has 0 unspecified atom stereocenters. The molecule has 1 aromatic heterocycles. The molecule has 4 nitrogen and oxygen atoms in total. The fraction of sp³-hybridized carbons (Fsp3) is 0.158. The number of aromatic nitrogens is 2. The third-order valence-electron chi connectivity index (χ3n) is 3.87. The quantitative estimate of drug-likeness (QED) is 0.761. The molecule has 3 rings (SSSR count). The largest absolute Gasteiger partial charge is 0.311 e. The fourth-order valence-electron chi connectivity index (χ4n) is 2.52. The number of amides is 1. The maximum absolute atomic E-state index is 12.3. The molecule has 122 valence electrons. The van der Waals surface area contributed by atoms with E-state index in [4.69, 9.17) is 11.6 Å². The molecule has 0 atom stereocenters. The second-order valence-corrected chi connectivity index (χ2v) is 6.02. The first-order valence-corrected chi connectivity index (χ1v) is 8.11. The zero-order chi connectivity index (χ0) is 16.9. The smallest absolute Gasteiger partial charge is 0.229 e.